The van der Waals surface area contributed by atoms with Gasteiger partial charge in [0.05, 0.1) is 0 Å². The Kier molecular flexibility index (Phi) is 9.62. The summed E-state index contributed by atoms with van der Waals surface area (Å²) in [6.07, 6.45) is 2.68. The average Bonchev–Trinajstić information content (AvgIpc) is 2.18. The number of hydrogen-bond donors (Lipinski definition) is 1. The zero-order valence-electron chi connectivity index (χ0n) is 8.21. The quantitative estimate of drug-likeness (QED) is 0.658. The maximum absolute atomic E-state index is 8.40. The minimum absolute atomic E-state index is 1.18. The lowest BCUT2D eigenvalue weighted by Crippen LogP contribution is -2.43. The van der Waals surface area contributed by atoms with E-state index in [1.54, 1.807) is 0 Å². The molecule has 0 saturated carbocycles. The van der Waals surface area contributed by atoms with Crippen LogP contribution in [0.25, 0.3) is 0 Å². The van der Waals surface area contributed by atoms with Gasteiger partial charge >= 0.3 is 9.29 Å². The Hall–Kier alpha value is -0.263. The summed E-state index contributed by atoms with van der Waals surface area (Å²) in [5, 5.41) is 3.35. The summed E-state index contributed by atoms with van der Waals surface area (Å²) in [5.41, 5.74) is 0. The number of nitrogens with one attached hydrogen (secondary N) is 1. The molecule has 0 amide bonds. The van der Waals surface area contributed by atoms with Crippen molar-refractivity contribution in [2.45, 2.75) is 19.8 Å². The lowest BCUT2D eigenvalue weighted by Gasteiger charge is -2.26. The smallest absolute Gasteiger partial charge is 0.314 e. The number of hydrogen-bond acceptors (Lipinski definition) is 4. The topological polar surface area (TPSA) is 49.4 Å². The first kappa shape index (κ1) is 12.7. The van der Waals surface area contributed by atoms with Gasteiger partial charge in [-0.1, -0.05) is 13.3 Å². The minimum Gasteiger partial charge on any atom is -0.314 e. The number of rotatable bonds is 3. The van der Waals surface area contributed by atoms with E-state index < -0.39 is 9.29 Å². The normalized spacial score (nSPS) is 17.0. The van der Waals surface area contributed by atoms with Crippen LogP contribution in [0.1, 0.15) is 19.8 Å². The molecule has 0 spiro atoms. The molecule has 0 aromatic rings. The largest absolute Gasteiger partial charge is 0.549 e. The van der Waals surface area contributed by atoms with Crippen LogP contribution in [0.4, 0.5) is 0 Å². The SMILES string of the molecule is CCCCN1CCNCC1.O=[Si]=O. The van der Waals surface area contributed by atoms with Crippen LogP contribution in [-0.2, 0) is 8.92 Å². The zero-order valence-corrected chi connectivity index (χ0v) is 9.21. The highest BCUT2D eigenvalue weighted by Gasteiger charge is 2.06. The van der Waals surface area contributed by atoms with Crippen LogP contribution in [0.5, 0.6) is 0 Å². The Bertz CT molecular complexity index is 143. The number of nitrogens with zero attached hydrogens (tertiary/aromatic N) is 1. The van der Waals surface area contributed by atoms with Gasteiger partial charge in [-0.3, -0.25) is 8.92 Å². The predicted molar refractivity (Wildman–Crippen MR) is 51.3 cm³/mol. The van der Waals surface area contributed by atoms with E-state index in [4.69, 9.17) is 8.92 Å². The molecule has 1 rings (SSSR count). The van der Waals surface area contributed by atoms with E-state index in [-0.39, 0.29) is 0 Å². The Labute approximate surface area is 81.6 Å². The van der Waals surface area contributed by atoms with E-state index in [1.807, 2.05) is 0 Å². The molecule has 0 aromatic heterocycles. The van der Waals surface area contributed by atoms with Crippen LogP contribution in [0, 0.1) is 0 Å². The van der Waals surface area contributed by atoms with E-state index in [0.29, 0.717) is 0 Å². The molecule has 1 fully saturated rings. The van der Waals surface area contributed by atoms with Crippen LogP contribution in [0.15, 0.2) is 0 Å². The fourth-order valence-corrected chi connectivity index (χ4v) is 1.32. The molecular weight excluding hydrogens is 184 g/mol. The molecule has 1 aliphatic heterocycles. The van der Waals surface area contributed by atoms with Crippen molar-refractivity contribution in [3.05, 3.63) is 0 Å². The summed E-state index contributed by atoms with van der Waals surface area (Å²) in [6.45, 7) is 8.42. The summed E-state index contributed by atoms with van der Waals surface area (Å²) in [6, 6.07) is 0. The third kappa shape index (κ3) is 8.08. The summed E-state index contributed by atoms with van der Waals surface area (Å²) in [7, 11) is -1.42. The second-order valence-electron chi connectivity index (χ2n) is 3.03. The van der Waals surface area contributed by atoms with Crippen molar-refractivity contribution in [3.63, 3.8) is 0 Å². The van der Waals surface area contributed by atoms with Gasteiger partial charge in [-0.15, -0.1) is 0 Å². The lowest BCUT2D eigenvalue weighted by atomic mass is 10.3. The van der Waals surface area contributed by atoms with Gasteiger partial charge in [0.1, 0.15) is 0 Å². The zero-order chi connectivity index (χ0) is 9.94. The Morgan fingerprint density at radius 2 is 1.85 bits per heavy atom. The second-order valence-corrected chi connectivity index (χ2v) is 3.20. The first-order valence-corrected chi connectivity index (χ1v) is 5.59. The highest BCUT2D eigenvalue weighted by atomic mass is 28.2. The van der Waals surface area contributed by atoms with Crippen molar-refractivity contribution in [1.82, 2.24) is 10.2 Å². The van der Waals surface area contributed by atoms with Crippen molar-refractivity contribution in [3.8, 4) is 0 Å². The number of piperazine rings is 1. The van der Waals surface area contributed by atoms with Crippen LogP contribution in [0.2, 0.25) is 0 Å². The van der Waals surface area contributed by atoms with Gasteiger partial charge in [0, 0.05) is 26.2 Å². The van der Waals surface area contributed by atoms with Gasteiger partial charge in [0.15, 0.2) is 0 Å². The van der Waals surface area contributed by atoms with Crippen molar-refractivity contribution >= 4 is 9.29 Å². The molecule has 76 valence electrons. The van der Waals surface area contributed by atoms with Crippen molar-refractivity contribution in [2.24, 2.45) is 0 Å². The maximum Gasteiger partial charge on any atom is 0.549 e. The number of unbranched alkanes of at least 4 members (excludes halogenated alkanes) is 1. The van der Waals surface area contributed by atoms with E-state index >= 15 is 0 Å². The molecule has 0 atom stereocenters. The highest BCUT2D eigenvalue weighted by Crippen LogP contribution is 1.95. The molecule has 13 heavy (non-hydrogen) atoms. The van der Waals surface area contributed by atoms with Gasteiger partial charge in [0.2, 0.25) is 0 Å². The van der Waals surface area contributed by atoms with Crippen molar-refractivity contribution in [1.29, 1.82) is 0 Å². The molecule has 0 unspecified atom stereocenters. The average molecular weight is 202 g/mol. The first-order valence-electron chi connectivity index (χ1n) is 4.77. The minimum atomic E-state index is -1.42. The molecule has 1 N–H and O–H groups in total. The first-order chi connectivity index (χ1) is 6.35. The highest BCUT2D eigenvalue weighted by molar-refractivity contribution is 5.94. The molecule has 0 bridgehead atoms. The van der Waals surface area contributed by atoms with Crippen LogP contribution >= 0.6 is 0 Å². The standard InChI is InChI=1S/C8H18N2.O2Si/c1-2-3-6-10-7-4-9-5-8-10;1-3-2/h9H,2-8H2,1H3;. The van der Waals surface area contributed by atoms with Gasteiger partial charge in [-0.2, -0.15) is 0 Å². The van der Waals surface area contributed by atoms with Crippen molar-refractivity contribution in [2.75, 3.05) is 32.7 Å². The van der Waals surface area contributed by atoms with Gasteiger partial charge in [-0.05, 0) is 13.0 Å². The molecule has 4 nitrogen and oxygen atoms in total. The maximum atomic E-state index is 8.40. The molecule has 5 heteroatoms. The lowest BCUT2D eigenvalue weighted by molar-refractivity contribution is 0.238. The summed E-state index contributed by atoms with van der Waals surface area (Å²) >= 11 is 0. The third-order valence-corrected chi connectivity index (χ3v) is 2.04. The van der Waals surface area contributed by atoms with Gasteiger partial charge in [0.25, 0.3) is 0 Å². The summed E-state index contributed by atoms with van der Waals surface area (Å²) in [5.74, 6) is 0. The van der Waals surface area contributed by atoms with Gasteiger partial charge < -0.3 is 10.2 Å². The fourth-order valence-electron chi connectivity index (χ4n) is 1.32. The van der Waals surface area contributed by atoms with E-state index in [0.717, 1.165) is 0 Å². The van der Waals surface area contributed by atoms with E-state index in [2.05, 4.69) is 17.1 Å². The van der Waals surface area contributed by atoms with Crippen molar-refractivity contribution < 1.29 is 8.92 Å². The predicted octanol–water partition coefficient (Wildman–Crippen LogP) is 0.0733. The van der Waals surface area contributed by atoms with E-state index in [9.17, 15) is 0 Å². The molecule has 1 aliphatic rings. The fraction of sp³-hybridized carbons (Fsp3) is 1.00. The Balaban J connectivity index is 0.000000424. The summed E-state index contributed by atoms with van der Waals surface area (Å²) < 4.78 is 16.8. The monoisotopic (exact) mass is 202 g/mol. The summed E-state index contributed by atoms with van der Waals surface area (Å²) in [4.78, 5) is 2.54. The molecule has 1 heterocycles. The van der Waals surface area contributed by atoms with Crippen LogP contribution in [0.3, 0.4) is 0 Å². The second kappa shape index (κ2) is 9.82. The molecule has 0 aromatic carbocycles. The third-order valence-electron chi connectivity index (χ3n) is 2.04. The van der Waals surface area contributed by atoms with E-state index in [1.165, 1.54) is 45.6 Å². The molecule has 0 radical (unpaired) electrons. The van der Waals surface area contributed by atoms with Gasteiger partial charge in [-0.25, -0.2) is 0 Å². The molecular formula is C8H18N2O2Si. The van der Waals surface area contributed by atoms with Crippen LogP contribution < -0.4 is 5.32 Å². The van der Waals surface area contributed by atoms with Crippen LogP contribution in [-0.4, -0.2) is 46.9 Å². The molecule has 0 aliphatic carbocycles. The Morgan fingerprint density at radius 1 is 1.31 bits per heavy atom. The Morgan fingerprint density at radius 3 is 2.31 bits per heavy atom. The molecule has 1 saturated heterocycles.